The first-order valence-electron chi connectivity index (χ1n) is 9.25. The van der Waals surface area contributed by atoms with Crippen molar-refractivity contribution in [3.8, 4) is 5.75 Å². The fourth-order valence-electron chi connectivity index (χ4n) is 3.14. The Bertz CT molecular complexity index is 869. The van der Waals surface area contributed by atoms with Crippen LogP contribution in [0.1, 0.15) is 17.9 Å². The van der Waals surface area contributed by atoms with Crippen molar-refractivity contribution in [1.82, 2.24) is 4.90 Å². The van der Waals surface area contributed by atoms with Crippen LogP contribution in [0.3, 0.4) is 0 Å². The van der Waals surface area contributed by atoms with Crippen molar-refractivity contribution >= 4 is 11.9 Å². The number of halogens is 2. The van der Waals surface area contributed by atoms with Gasteiger partial charge in [-0.05, 0) is 49.4 Å². The number of carboxylic acids is 2. The molecule has 160 valence electrons. The number of ether oxygens (including phenoxy) is 1. The van der Waals surface area contributed by atoms with E-state index in [0.29, 0.717) is 23.5 Å². The van der Waals surface area contributed by atoms with Gasteiger partial charge in [0.1, 0.15) is 23.5 Å². The van der Waals surface area contributed by atoms with Crippen molar-refractivity contribution in [1.29, 1.82) is 0 Å². The summed E-state index contributed by atoms with van der Waals surface area (Å²) in [7, 11) is 2.03. The highest BCUT2D eigenvalue weighted by molar-refractivity contribution is 5.89. The van der Waals surface area contributed by atoms with Crippen molar-refractivity contribution in [2.45, 2.75) is 18.4 Å². The summed E-state index contributed by atoms with van der Waals surface area (Å²) in [6.07, 6.45) is 1.82. The van der Waals surface area contributed by atoms with E-state index in [4.69, 9.17) is 14.9 Å². The average molecular weight is 419 g/mol. The Balaban J connectivity index is 0.000000343. The van der Waals surface area contributed by atoms with Crippen LogP contribution in [0.2, 0.25) is 0 Å². The van der Waals surface area contributed by atoms with Crippen molar-refractivity contribution in [3.63, 3.8) is 0 Å². The van der Waals surface area contributed by atoms with E-state index in [-0.39, 0.29) is 23.7 Å². The second-order valence-corrected chi connectivity index (χ2v) is 6.80. The van der Waals surface area contributed by atoms with Gasteiger partial charge in [-0.1, -0.05) is 18.2 Å². The number of hydrogen-bond donors (Lipinski definition) is 2. The first kappa shape index (κ1) is 23.0. The molecule has 0 aliphatic carbocycles. The number of likely N-dealkylation sites (tertiary alicyclic amines) is 1. The van der Waals surface area contributed by atoms with Gasteiger partial charge in [-0.15, -0.1) is 0 Å². The van der Waals surface area contributed by atoms with E-state index in [9.17, 15) is 18.4 Å². The summed E-state index contributed by atoms with van der Waals surface area (Å²) in [5, 5.41) is 15.6. The first-order chi connectivity index (χ1) is 14.3. The SMILES string of the molecule is CN1CC[C@@H](Oc2ccc(F)cc2)[C@H](c2ccccc2F)C1.O=C(O)/C=C/C(=O)O. The summed E-state index contributed by atoms with van der Waals surface area (Å²) >= 11 is 0. The molecule has 0 aromatic heterocycles. The minimum absolute atomic E-state index is 0.0370. The standard InChI is InChI=1S/C18H19F2NO.C4H4O4/c1-21-11-10-18(22-14-8-6-13(19)7-9-14)16(12-21)15-4-2-3-5-17(15)20;5-3(6)1-2-4(7)8/h2-9,16,18H,10-12H2,1H3;1-2H,(H,5,6)(H,7,8)/b;2-1+/t16-,18+;/m0./s1. The molecule has 1 heterocycles. The monoisotopic (exact) mass is 419 g/mol. The van der Waals surface area contributed by atoms with Gasteiger partial charge in [-0.25, -0.2) is 18.4 Å². The van der Waals surface area contributed by atoms with E-state index in [0.717, 1.165) is 19.5 Å². The lowest BCUT2D eigenvalue weighted by molar-refractivity contribution is -0.134. The van der Waals surface area contributed by atoms with Crippen LogP contribution in [-0.4, -0.2) is 53.3 Å². The highest BCUT2D eigenvalue weighted by atomic mass is 19.1. The van der Waals surface area contributed by atoms with Crippen LogP contribution in [0.25, 0.3) is 0 Å². The molecule has 30 heavy (non-hydrogen) atoms. The van der Waals surface area contributed by atoms with Crippen LogP contribution >= 0.6 is 0 Å². The van der Waals surface area contributed by atoms with Crippen molar-refractivity contribution in [2.75, 3.05) is 20.1 Å². The van der Waals surface area contributed by atoms with E-state index in [1.165, 1.54) is 18.2 Å². The minimum atomic E-state index is -1.26. The molecule has 2 aromatic carbocycles. The van der Waals surface area contributed by atoms with Crippen molar-refractivity contribution in [2.24, 2.45) is 0 Å². The fraction of sp³-hybridized carbons (Fsp3) is 0.273. The van der Waals surface area contributed by atoms with Gasteiger partial charge in [0.2, 0.25) is 0 Å². The second-order valence-electron chi connectivity index (χ2n) is 6.80. The lowest BCUT2D eigenvalue weighted by atomic mass is 9.87. The molecule has 1 fully saturated rings. The molecule has 2 aromatic rings. The number of aliphatic carboxylic acids is 2. The van der Waals surface area contributed by atoms with Gasteiger partial charge in [0.25, 0.3) is 0 Å². The molecule has 1 aliphatic rings. The van der Waals surface area contributed by atoms with E-state index >= 15 is 0 Å². The first-order valence-corrected chi connectivity index (χ1v) is 9.25. The number of nitrogens with zero attached hydrogens (tertiary/aromatic N) is 1. The van der Waals surface area contributed by atoms with Gasteiger partial charge >= 0.3 is 11.9 Å². The van der Waals surface area contributed by atoms with Crippen LogP contribution in [0.4, 0.5) is 8.78 Å². The summed E-state index contributed by atoms with van der Waals surface area (Å²) in [5.41, 5.74) is 0.682. The van der Waals surface area contributed by atoms with Crippen LogP contribution in [-0.2, 0) is 9.59 Å². The maximum atomic E-state index is 14.1. The zero-order valence-corrected chi connectivity index (χ0v) is 16.4. The second kappa shape index (κ2) is 11.1. The lowest BCUT2D eigenvalue weighted by Gasteiger charge is -2.37. The number of benzene rings is 2. The lowest BCUT2D eigenvalue weighted by Crippen LogP contribution is -2.42. The molecule has 0 saturated carbocycles. The van der Waals surface area contributed by atoms with Gasteiger partial charge in [0, 0.05) is 31.2 Å². The molecule has 8 heteroatoms. The maximum Gasteiger partial charge on any atom is 0.328 e. The number of carbonyl (C=O) groups is 2. The predicted octanol–water partition coefficient (Wildman–Crippen LogP) is 3.54. The van der Waals surface area contributed by atoms with Crippen LogP contribution in [0, 0.1) is 11.6 Å². The minimum Gasteiger partial charge on any atom is -0.490 e. The van der Waals surface area contributed by atoms with Gasteiger partial charge < -0.3 is 19.8 Å². The summed E-state index contributed by atoms with van der Waals surface area (Å²) in [4.78, 5) is 21.3. The van der Waals surface area contributed by atoms with E-state index in [1.54, 1.807) is 18.2 Å². The van der Waals surface area contributed by atoms with Gasteiger partial charge in [-0.2, -0.15) is 0 Å². The maximum absolute atomic E-state index is 14.1. The van der Waals surface area contributed by atoms with E-state index in [2.05, 4.69) is 4.90 Å². The summed E-state index contributed by atoms with van der Waals surface area (Å²) in [5.74, 6) is -2.42. The quantitative estimate of drug-likeness (QED) is 0.721. The topological polar surface area (TPSA) is 87.1 Å². The third-order valence-electron chi connectivity index (χ3n) is 4.53. The molecule has 2 N–H and O–H groups in total. The normalized spacial score (nSPS) is 19.0. The molecule has 1 aliphatic heterocycles. The Morgan fingerprint density at radius 2 is 1.63 bits per heavy atom. The molecule has 0 radical (unpaired) electrons. The Kier molecular flexibility index (Phi) is 8.49. The van der Waals surface area contributed by atoms with Crippen LogP contribution in [0.5, 0.6) is 5.75 Å². The average Bonchev–Trinajstić information content (AvgIpc) is 2.70. The number of hydrogen-bond acceptors (Lipinski definition) is 4. The highest BCUT2D eigenvalue weighted by Crippen LogP contribution is 2.31. The molecule has 0 amide bonds. The Morgan fingerprint density at radius 1 is 1.03 bits per heavy atom. The van der Waals surface area contributed by atoms with Gasteiger partial charge in [-0.3, -0.25) is 0 Å². The molecule has 6 nitrogen and oxygen atoms in total. The van der Waals surface area contributed by atoms with Gasteiger partial charge in [0.05, 0.1) is 0 Å². The summed E-state index contributed by atoms with van der Waals surface area (Å²) < 4.78 is 33.2. The molecule has 0 bridgehead atoms. The number of rotatable bonds is 5. The number of likely N-dealkylation sites (N-methyl/N-ethyl adjacent to an activating group) is 1. The molecule has 1 saturated heterocycles. The zero-order valence-electron chi connectivity index (χ0n) is 16.4. The zero-order chi connectivity index (χ0) is 22.1. The largest absolute Gasteiger partial charge is 0.490 e. The summed E-state index contributed by atoms with van der Waals surface area (Å²) in [6, 6.07) is 12.8. The van der Waals surface area contributed by atoms with Crippen molar-refractivity contribution in [3.05, 3.63) is 77.9 Å². The van der Waals surface area contributed by atoms with E-state index < -0.39 is 11.9 Å². The molecule has 0 unspecified atom stereocenters. The fourth-order valence-corrected chi connectivity index (χ4v) is 3.14. The number of piperidine rings is 1. The highest BCUT2D eigenvalue weighted by Gasteiger charge is 2.32. The van der Waals surface area contributed by atoms with Crippen LogP contribution < -0.4 is 4.74 Å². The Labute approximate surface area is 173 Å². The Morgan fingerprint density at radius 3 is 2.20 bits per heavy atom. The molecule has 2 atom stereocenters. The smallest absolute Gasteiger partial charge is 0.328 e. The molecule has 3 rings (SSSR count). The molecule has 0 spiro atoms. The van der Waals surface area contributed by atoms with Crippen LogP contribution in [0.15, 0.2) is 60.7 Å². The summed E-state index contributed by atoms with van der Waals surface area (Å²) in [6.45, 7) is 1.64. The van der Waals surface area contributed by atoms with Gasteiger partial charge in [0.15, 0.2) is 0 Å². The third-order valence-corrected chi connectivity index (χ3v) is 4.53. The Hall–Kier alpha value is -3.26. The third kappa shape index (κ3) is 7.29. The number of carboxylic acid groups (broad SMARTS) is 2. The van der Waals surface area contributed by atoms with E-state index in [1.807, 2.05) is 19.2 Å². The molecular weight excluding hydrogens is 396 g/mol. The van der Waals surface area contributed by atoms with Crippen molar-refractivity contribution < 1.29 is 33.3 Å². The predicted molar refractivity (Wildman–Crippen MR) is 106 cm³/mol. The molecular formula is C22H23F2NO5.